The molecule has 4 nitrogen and oxygen atoms in total. The maximum atomic E-state index is 12.0. The molecular formula is C14H16ClN3OS. The second kappa shape index (κ2) is 6.90. The van der Waals surface area contributed by atoms with Crippen LogP contribution in [0.5, 0.6) is 0 Å². The molecule has 0 aliphatic heterocycles. The number of Topliss-reactive ketones (excluding diaryl/α,β-unsaturated/α-hetero) is 1. The van der Waals surface area contributed by atoms with Crippen molar-refractivity contribution in [2.75, 3.05) is 5.75 Å². The maximum absolute atomic E-state index is 12.0. The molecule has 0 radical (unpaired) electrons. The minimum absolute atomic E-state index is 0.116. The number of aromatic nitrogens is 3. The average molecular weight is 310 g/mol. The SMILES string of the molecule is CC(C)n1ncnc1CC(=O)CSc1ccccc1Cl. The zero-order valence-electron chi connectivity index (χ0n) is 11.4. The second-order valence-corrected chi connectivity index (χ2v) is 6.07. The lowest BCUT2D eigenvalue weighted by molar-refractivity contribution is -0.116. The van der Waals surface area contributed by atoms with Gasteiger partial charge in [-0.05, 0) is 26.0 Å². The summed E-state index contributed by atoms with van der Waals surface area (Å²) in [5.74, 6) is 1.21. The van der Waals surface area contributed by atoms with Crippen molar-refractivity contribution in [2.45, 2.75) is 31.2 Å². The lowest BCUT2D eigenvalue weighted by Crippen LogP contribution is -2.14. The van der Waals surface area contributed by atoms with Crippen LogP contribution in [0.25, 0.3) is 0 Å². The third-order valence-corrected chi connectivity index (χ3v) is 4.29. The zero-order valence-corrected chi connectivity index (χ0v) is 13.0. The molecule has 0 N–H and O–H groups in total. The summed E-state index contributed by atoms with van der Waals surface area (Å²) < 4.78 is 1.78. The van der Waals surface area contributed by atoms with Crippen LogP contribution < -0.4 is 0 Å². The van der Waals surface area contributed by atoms with Crippen molar-refractivity contribution < 1.29 is 4.79 Å². The third kappa shape index (κ3) is 3.84. The first kappa shape index (κ1) is 15.1. The Morgan fingerprint density at radius 2 is 2.15 bits per heavy atom. The molecule has 0 amide bonds. The minimum atomic E-state index is 0.116. The van der Waals surface area contributed by atoms with Gasteiger partial charge in [0.2, 0.25) is 0 Å². The van der Waals surface area contributed by atoms with Gasteiger partial charge in [0.05, 0.1) is 17.2 Å². The number of hydrogen-bond donors (Lipinski definition) is 0. The van der Waals surface area contributed by atoms with Gasteiger partial charge in [0, 0.05) is 10.9 Å². The molecule has 0 bridgehead atoms. The summed E-state index contributed by atoms with van der Waals surface area (Å²) in [6, 6.07) is 7.73. The molecule has 0 fully saturated rings. The first-order valence-electron chi connectivity index (χ1n) is 6.35. The van der Waals surface area contributed by atoms with Crippen molar-refractivity contribution in [1.82, 2.24) is 14.8 Å². The molecular weight excluding hydrogens is 294 g/mol. The molecule has 20 heavy (non-hydrogen) atoms. The van der Waals surface area contributed by atoms with Crippen LogP contribution in [0.1, 0.15) is 25.7 Å². The quantitative estimate of drug-likeness (QED) is 0.767. The lowest BCUT2D eigenvalue weighted by atomic mass is 10.3. The number of halogens is 1. The molecule has 2 aromatic rings. The van der Waals surface area contributed by atoms with Crippen molar-refractivity contribution in [3.05, 3.63) is 41.4 Å². The minimum Gasteiger partial charge on any atom is -0.298 e. The molecule has 0 aliphatic carbocycles. The molecule has 0 saturated heterocycles. The number of carbonyl (C=O) groups is 1. The van der Waals surface area contributed by atoms with Crippen molar-refractivity contribution in [1.29, 1.82) is 0 Å². The summed E-state index contributed by atoms with van der Waals surface area (Å²) in [5.41, 5.74) is 0. The van der Waals surface area contributed by atoms with Crippen molar-refractivity contribution in [3.63, 3.8) is 0 Å². The summed E-state index contributed by atoms with van der Waals surface area (Å²) in [6.45, 7) is 4.03. The van der Waals surface area contributed by atoms with E-state index in [0.717, 1.165) is 4.90 Å². The van der Waals surface area contributed by atoms with Crippen LogP contribution in [0, 0.1) is 0 Å². The van der Waals surface area contributed by atoms with Gasteiger partial charge >= 0.3 is 0 Å². The Kier molecular flexibility index (Phi) is 5.20. The number of rotatable bonds is 6. The van der Waals surface area contributed by atoms with Crippen LogP contribution in [-0.4, -0.2) is 26.3 Å². The van der Waals surface area contributed by atoms with Crippen molar-refractivity contribution in [3.8, 4) is 0 Å². The standard InChI is InChI=1S/C14H16ClN3OS/c1-10(2)18-14(16-9-17-18)7-11(19)8-20-13-6-4-3-5-12(13)15/h3-6,9-10H,7-8H2,1-2H3. The summed E-state index contributed by atoms with van der Waals surface area (Å²) in [4.78, 5) is 17.1. The van der Waals surface area contributed by atoms with Gasteiger partial charge in [0.25, 0.3) is 0 Å². The first-order valence-corrected chi connectivity index (χ1v) is 7.71. The van der Waals surface area contributed by atoms with Crippen molar-refractivity contribution in [2.24, 2.45) is 0 Å². The molecule has 0 atom stereocenters. The Morgan fingerprint density at radius 3 is 2.85 bits per heavy atom. The van der Waals surface area contributed by atoms with Gasteiger partial charge in [-0.25, -0.2) is 9.67 Å². The Hall–Kier alpha value is -1.33. The van der Waals surface area contributed by atoms with E-state index in [2.05, 4.69) is 10.1 Å². The highest BCUT2D eigenvalue weighted by atomic mass is 35.5. The van der Waals surface area contributed by atoms with Crippen molar-refractivity contribution >= 4 is 29.1 Å². The zero-order chi connectivity index (χ0) is 14.5. The summed E-state index contributed by atoms with van der Waals surface area (Å²) >= 11 is 7.51. The number of benzene rings is 1. The molecule has 0 unspecified atom stereocenters. The van der Waals surface area contributed by atoms with E-state index >= 15 is 0 Å². The van der Waals surface area contributed by atoms with E-state index in [1.807, 2.05) is 38.1 Å². The molecule has 106 valence electrons. The third-order valence-electron chi connectivity index (χ3n) is 2.72. The first-order chi connectivity index (χ1) is 9.58. The van der Waals surface area contributed by atoms with E-state index in [1.165, 1.54) is 18.1 Å². The van der Waals surface area contributed by atoms with Crippen LogP contribution in [0.3, 0.4) is 0 Å². The maximum Gasteiger partial charge on any atom is 0.150 e. The van der Waals surface area contributed by atoms with Crippen LogP contribution in [-0.2, 0) is 11.2 Å². The van der Waals surface area contributed by atoms with E-state index < -0.39 is 0 Å². The van der Waals surface area contributed by atoms with E-state index in [9.17, 15) is 4.79 Å². The number of hydrogen-bond acceptors (Lipinski definition) is 4. The van der Waals surface area contributed by atoms with Gasteiger partial charge in [0.15, 0.2) is 5.78 Å². The Balaban J connectivity index is 1.93. The summed E-state index contributed by atoms with van der Waals surface area (Å²) in [7, 11) is 0. The van der Waals surface area contributed by atoms with E-state index in [4.69, 9.17) is 11.6 Å². The van der Waals surface area contributed by atoms with Crippen LogP contribution in [0.4, 0.5) is 0 Å². The predicted molar refractivity (Wildman–Crippen MR) is 81.3 cm³/mol. The number of thioether (sulfide) groups is 1. The van der Waals surface area contributed by atoms with Gasteiger partial charge in [-0.3, -0.25) is 4.79 Å². The summed E-state index contributed by atoms with van der Waals surface area (Å²) in [6.07, 6.45) is 1.79. The highest BCUT2D eigenvalue weighted by Gasteiger charge is 2.13. The number of nitrogens with zero attached hydrogens (tertiary/aromatic N) is 3. The van der Waals surface area contributed by atoms with E-state index in [-0.39, 0.29) is 11.8 Å². The molecule has 1 aromatic carbocycles. The average Bonchev–Trinajstić information content (AvgIpc) is 2.86. The second-order valence-electron chi connectivity index (χ2n) is 4.65. The topological polar surface area (TPSA) is 47.8 Å². The van der Waals surface area contributed by atoms with Crippen LogP contribution in [0.15, 0.2) is 35.5 Å². The van der Waals surface area contributed by atoms with Gasteiger partial charge in [-0.2, -0.15) is 5.10 Å². The normalized spacial score (nSPS) is 11.0. The number of ketones is 1. The molecule has 0 saturated carbocycles. The van der Waals surface area contributed by atoms with Gasteiger partial charge in [0.1, 0.15) is 12.2 Å². The number of carbonyl (C=O) groups excluding carboxylic acids is 1. The fraction of sp³-hybridized carbons (Fsp3) is 0.357. The Morgan fingerprint density at radius 1 is 1.40 bits per heavy atom. The van der Waals surface area contributed by atoms with Crippen LogP contribution >= 0.6 is 23.4 Å². The fourth-order valence-corrected chi connectivity index (χ4v) is 2.88. The van der Waals surface area contributed by atoms with Gasteiger partial charge < -0.3 is 0 Å². The molecule has 6 heteroatoms. The van der Waals surface area contributed by atoms with E-state index in [0.29, 0.717) is 23.0 Å². The highest BCUT2D eigenvalue weighted by molar-refractivity contribution is 8.00. The molecule has 1 aromatic heterocycles. The molecule has 0 spiro atoms. The largest absolute Gasteiger partial charge is 0.298 e. The Labute approximate surface area is 127 Å². The molecule has 1 heterocycles. The van der Waals surface area contributed by atoms with Crippen LogP contribution in [0.2, 0.25) is 5.02 Å². The molecule has 0 aliphatic rings. The Bertz CT molecular complexity index is 598. The predicted octanol–water partition coefficient (Wildman–Crippen LogP) is 3.42. The van der Waals surface area contributed by atoms with Gasteiger partial charge in [-0.15, -0.1) is 11.8 Å². The highest BCUT2D eigenvalue weighted by Crippen LogP contribution is 2.26. The fourth-order valence-electron chi connectivity index (χ4n) is 1.78. The monoisotopic (exact) mass is 309 g/mol. The summed E-state index contributed by atoms with van der Waals surface area (Å²) in [5, 5.41) is 4.80. The molecule has 2 rings (SSSR count). The van der Waals surface area contributed by atoms with E-state index in [1.54, 1.807) is 4.68 Å². The lowest BCUT2D eigenvalue weighted by Gasteiger charge is -2.08. The van der Waals surface area contributed by atoms with Gasteiger partial charge in [-0.1, -0.05) is 23.7 Å². The smallest absolute Gasteiger partial charge is 0.150 e.